The van der Waals surface area contributed by atoms with E-state index in [1.807, 2.05) is 38.4 Å². The van der Waals surface area contributed by atoms with Gasteiger partial charge in [0.15, 0.2) is 0 Å². The minimum Gasteiger partial charge on any atom is -0.485 e. The Morgan fingerprint density at radius 3 is 2.56 bits per heavy atom. The number of thiazole rings is 1. The molecule has 0 saturated carbocycles. The summed E-state index contributed by atoms with van der Waals surface area (Å²) in [6.07, 6.45) is 3.47. The Hall–Kier alpha value is -3.10. The van der Waals surface area contributed by atoms with Crippen molar-refractivity contribution in [2.24, 2.45) is 0 Å². The molecule has 0 N–H and O–H groups in total. The lowest BCUT2D eigenvalue weighted by molar-refractivity contribution is 0.301. The predicted octanol–water partition coefficient (Wildman–Crippen LogP) is 5.60. The number of nitrogens with zero attached hydrogens (tertiary/aromatic N) is 5. The van der Waals surface area contributed by atoms with Crippen LogP contribution in [0.5, 0.6) is 5.75 Å². The van der Waals surface area contributed by atoms with Crippen molar-refractivity contribution in [3.05, 3.63) is 79.1 Å². The summed E-state index contributed by atoms with van der Waals surface area (Å²) in [6, 6.07) is 5.37. The summed E-state index contributed by atoms with van der Waals surface area (Å²) in [6.45, 7) is 12.2. The van der Waals surface area contributed by atoms with Gasteiger partial charge in [-0.3, -0.25) is 14.3 Å². The molecule has 0 aromatic carbocycles. The van der Waals surface area contributed by atoms with E-state index >= 15 is 0 Å². The molecule has 0 spiro atoms. The average Bonchev–Trinajstić information content (AvgIpc) is 3.20. The zero-order chi connectivity index (χ0) is 24.6. The topological polar surface area (TPSA) is 82.8 Å². The number of hydrogen-bond donors (Lipinski definition) is 0. The number of aromatic nitrogens is 5. The van der Waals surface area contributed by atoms with Gasteiger partial charge in [-0.2, -0.15) is 0 Å². The fourth-order valence-electron chi connectivity index (χ4n) is 3.48. The molecule has 7 nitrogen and oxygen atoms in total. The van der Waals surface area contributed by atoms with Gasteiger partial charge < -0.3 is 4.74 Å². The molecule has 0 aliphatic carbocycles. The quantitative estimate of drug-likeness (QED) is 0.358. The third kappa shape index (κ3) is 4.88. The summed E-state index contributed by atoms with van der Waals surface area (Å²) < 4.78 is 7.36. The van der Waals surface area contributed by atoms with Gasteiger partial charge in [0.1, 0.15) is 23.2 Å². The zero-order valence-electron chi connectivity index (χ0n) is 20.0. The van der Waals surface area contributed by atoms with Gasteiger partial charge in [-0.25, -0.2) is 15.0 Å². The van der Waals surface area contributed by atoms with E-state index in [1.165, 1.54) is 0 Å². The Balaban J connectivity index is 1.72. The lowest BCUT2D eigenvalue weighted by Gasteiger charge is -2.18. The Morgan fingerprint density at radius 2 is 1.88 bits per heavy atom. The molecule has 34 heavy (non-hydrogen) atoms. The molecule has 4 aromatic rings. The van der Waals surface area contributed by atoms with E-state index in [4.69, 9.17) is 21.3 Å². The predicted molar refractivity (Wildman–Crippen MR) is 135 cm³/mol. The molecule has 0 aliphatic rings. The van der Waals surface area contributed by atoms with Gasteiger partial charge in [0.2, 0.25) is 0 Å². The van der Waals surface area contributed by atoms with Crippen LogP contribution in [0.2, 0.25) is 5.02 Å². The summed E-state index contributed by atoms with van der Waals surface area (Å²) >= 11 is 7.98. The molecule has 0 atom stereocenters. The van der Waals surface area contributed by atoms with Crippen molar-refractivity contribution in [1.82, 2.24) is 24.5 Å². The van der Waals surface area contributed by atoms with Gasteiger partial charge in [0.05, 0.1) is 27.8 Å². The van der Waals surface area contributed by atoms with Crippen molar-refractivity contribution in [3.63, 3.8) is 0 Å². The van der Waals surface area contributed by atoms with E-state index in [2.05, 4.69) is 35.7 Å². The highest BCUT2D eigenvalue weighted by Gasteiger charge is 2.20. The third-order valence-corrected chi connectivity index (χ3v) is 6.40. The van der Waals surface area contributed by atoms with Crippen LogP contribution in [0.4, 0.5) is 0 Å². The third-order valence-electron chi connectivity index (χ3n) is 5.23. The number of aryl methyl sites for hydroxylation is 3. The largest absolute Gasteiger partial charge is 0.485 e. The molecule has 0 radical (unpaired) electrons. The van der Waals surface area contributed by atoms with E-state index < -0.39 is 0 Å². The molecule has 0 amide bonds. The van der Waals surface area contributed by atoms with Crippen molar-refractivity contribution in [1.29, 1.82) is 0 Å². The number of pyridine rings is 2. The number of rotatable bonds is 5. The van der Waals surface area contributed by atoms with Gasteiger partial charge in [0, 0.05) is 34.9 Å². The molecule has 0 unspecified atom stereocenters. The average molecular weight is 496 g/mol. The van der Waals surface area contributed by atoms with E-state index in [-0.39, 0.29) is 22.6 Å². The molecule has 0 fully saturated rings. The first kappa shape index (κ1) is 24.0. The smallest absolute Gasteiger partial charge is 0.277 e. The first-order valence-electron chi connectivity index (χ1n) is 10.8. The highest BCUT2D eigenvalue weighted by molar-refractivity contribution is 7.09. The minimum atomic E-state index is -0.363. The van der Waals surface area contributed by atoms with Gasteiger partial charge >= 0.3 is 0 Å². The second-order valence-corrected chi connectivity index (χ2v) is 10.6. The Kier molecular flexibility index (Phi) is 6.55. The Labute approximate surface area is 207 Å². The molecule has 4 heterocycles. The highest BCUT2D eigenvalue weighted by Crippen LogP contribution is 2.27. The SMILES string of the molecule is Cc1nc(COc2cc(C)n(-c3ccnc(-c4nc(C(C)(C)C)ncc4C)c3)c(=O)c2Cl)cs1. The van der Waals surface area contributed by atoms with Crippen LogP contribution in [0.3, 0.4) is 0 Å². The molecule has 0 saturated heterocycles. The van der Waals surface area contributed by atoms with Crippen LogP contribution < -0.4 is 10.3 Å². The second-order valence-electron chi connectivity index (χ2n) is 9.13. The molecule has 0 bridgehead atoms. The normalized spacial score (nSPS) is 11.6. The minimum absolute atomic E-state index is 0.0177. The van der Waals surface area contributed by atoms with Crippen LogP contribution in [0.1, 0.15) is 48.6 Å². The summed E-state index contributed by atoms with van der Waals surface area (Å²) in [7, 11) is 0. The van der Waals surface area contributed by atoms with Gasteiger partial charge in [-0.15, -0.1) is 11.3 Å². The summed E-state index contributed by atoms with van der Waals surface area (Å²) in [5, 5.41) is 2.90. The summed E-state index contributed by atoms with van der Waals surface area (Å²) in [4.78, 5) is 31.4. The maximum atomic E-state index is 13.2. The van der Waals surface area contributed by atoms with Crippen LogP contribution in [0, 0.1) is 20.8 Å². The Morgan fingerprint density at radius 1 is 1.12 bits per heavy atom. The van der Waals surface area contributed by atoms with Crippen LogP contribution >= 0.6 is 22.9 Å². The number of hydrogen-bond acceptors (Lipinski definition) is 7. The van der Waals surface area contributed by atoms with Gasteiger partial charge in [-0.05, 0) is 38.5 Å². The summed E-state index contributed by atoms with van der Waals surface area (Å²) in [5.74, 6) is 1.07. The Bertz CT molecular complexity index is 1420. The van der Waals surface area contributed by atoms with E-state index in [0.29, 0.717) is 22.8 Å². The van der Waals surface area contributed by atoms with Crippen LogP contribution in [0.15, 0.2) is 40.8 Å². The molecular weight excluding hydrogens is 470 g/mol. The van der Waals surface area contributed by atoms with E-state index in [1.54, 1.807) is 34.2 Å². The van der Waals surface area contributed by atoms with Crippen LogP contribution in [0.25, 0.3) is 17.1 Å². The van der Waals surface area contributed by atoms with Crippen molar-refractivity contribution in [2.75, 3.05) is 0 Å². The van der Waals surface area contributed by atoms with Crippen molar-refractivity contribution < 1.29 is 4.74 Å². The molecule has 4 aromatic heterocycles. The second kappa shape index (κ2) is 9.27. The van der Waals surface area contributed by atoms with Crippen molar-refractivity contribution in [3.8, 4) is 22.8 Å². The summed E-state index contributed by atoms with van der Waals surface area (Å²) in [5.41, 5.74) is 3.86. The first-order chi connectivity index (χ1) is 16.0. The van der Waals surface area contributed by atoms with Gasteiger partial charge in [0.25, 0.3) is 5.56 Å². The monoisotopic (exact) mass is 495 g/mol. The van der Waals surface area contributed by atoms with Crippen molar-refractivity contribution >= 4 is 22.9 Å². The maximum Gasteiger partial charge on any atom is 0.277 e. The van der Waals surface area contributed by atoms with Gasteiger partial charge in [-0.1, -0.05) is 32.4 Å². The lowest BCUT2D eigenvalue weighted by Crippen LogP contribution is -2.22. The number of ether oxygens (including phenoxy) is 1. The molecular formula is C25H26ClN5O2S. The van der Waals surface area contributed by atoms with Crippen molar-refractivity contribution in [2.45, 2.75) is 53.6 Å². The first-order valence-corrected chi connectivity index (χ1v) is 12.1. The van der Waals surface area contributed by atoms with Crippen LogP contribution in [-0.2, 0) is 12.0 Å². The number of halogens is 1. The fraction of sp³-hybridized carbons (Fsp3) is 0.320. The fourth-order valence-corrected chi connectivity index (χ4v) is 4.28. The zero-order valence-corrected chi connectivity index (χ0v) is 21.6. The van der Waals surface area contributed by atoms with E-state index in [9.17, 15) is 4.79 Å². The standard InChI is InChI=1S/C25H26ClN5O2S/c1-14-11-28-24(25(4,5)6)30-22(14)19-10-18(7-8-27-19)31-15(2)9-20(21(26)23(31)32)33-12-17-13-34-16(3)29-17/h7-11,13H,12H2,1-6H3. The highest BCUT2D eigenvalue weighted by atomic mass is 35.5. The lowest BCUT2D eigenvalue weighted by atomic mass is 9.95. The molecule has 176 valence electrons. The van der Waals surface area contributed by atoms with Crippen LogP contribution in [-0.4, -0.2) is 24.5 Å². The molecule has 9 heteroatoms. The molecule has 0 aliphatic heterocycles. The maximum absolute atomic E-state index is 13.2. The van der Waals surface area contributed by atoms with E-state index in [0.717, 1.165) is 27.8 Å². The molecule has 4 rings (SSSR count).